The second kappa shape index (κ2) is 5.07. The quantitative estimate of drug-likeness (QED) is 0.461. The summed E-state index contributed by atoms with van der Waals surface area (Å²) >= 11 is 0. The molecule has 1 aliphatic rings. The van der Waals surface area contributed by atoms with Crippen LogP contribution in [0.2, 0.25) is 0 Å². The molecule has 7 heteroatoms. The van der Waals surface area contributed by atoms with Gasteiger partial charge in [-0.25, -0.2) is 4.79 Å². The summed E-state index contributed by atoms with van der Waals surface area (Å²) in [4.78, 5) is 10.8. The molecule has 0 aromatic heterocycles. The molecule has 7 nitrogen and oxygen atoms in total. The van der Waals surface area contributed by atoms with Crippen molar-refractivity contribution in [3.63, 3.8) is 0 Å². The zero-order valence-electron chi connectivity index (χ0n) is 8.98. The smallest absolute Gasteiger partial charge is 0.335 e. The van der Waals surface area contributed by atoms with Crippen LogP contribution in [0.15, 0.2) is 0 Å². The molecule has 0 aliphatic carbocycles. The van der Waals surface area contributed by atoms with E-state index in [0.29, 0.717) is 0 Å². The number of carboxylic acid groups (broad SMARTS) is 1. The maximum atomic E-state index is 10.8. The lowest BCUT2D eigenvalue weighted by molar-refractivity contribution is -0.291. The molecule has 0 amide bonds. The molecule has 1 aliphatic heterocycles. The molecule has 5 atom stereocenters. The number of rotatable bonds is 3. The fourth-order valence-corrected chi connectivity index (χ4v) is 1.52. The van der Waals surface area contributed by atoms with Gasteiger partial charge < -0.3 is 29.9 Å². The van der Waals surface area contributed by atoms with Crippen LogP contribution < -0.4 is 0 Å². The average Bonchev–Trinajstić information content (AvgIpc) is 2.17. The maximum absolute atomic E-state index is 10.8. The van der Waals surface area contributed by atoms with Crippen LogP contribution in [0.4, 0.5) is 0 Å². The number of aliphatic hydroxyl groups excluding tert-OH is 3. The van der Waals surface area contributed by atoms with Crippen molar-refractivity contribution in [2.75, 3.05) is 0 Å². The Bertz CT molecular complexity index is 254. The molecule has 1 rings (SSSR count). The lowest BCUT2D eigenvalue weighted by Crippen LogP contribution is -2.61. The van der Waals surface area contributed by atoms with E-state index in [-0.39, 0.29) is 6.10 Å². The molecule has 0 saturated carbocycles. The van der Waals surface area contributed by atoms with Crippen LogP contribution in [0.1, 0.15) is 13.8 Å². The van der Waals surface area contributed by atoms with Crippen molar-refractivity contribution in [2.24, 2.45) is 0 Å². The monoisotopic (exact) mass is 236 g/mol. The Balaban J connectivity index is 2.84. The highest BCUT2D eigenvalue weighted by molar-refractivity contribution is 5.73. The van der Waals surface area contributed by atoms with E-state index in [1.165, 1.54) is 0 Å². The number of aliphatic hydroxyl groups is 3. The summed E-state index contributed by atoms with van der Waals surface area (Å²) in [6.07, 6.45) is -7.88. The largest absolute Gasteiger partial charge is 0.479 e. The number of carbonyl (C=O) groups is 1. The highest BCUT2D eigenvalue weighted by Crippen LogP contribution is 2.23. The van der Waals surface area contributed by atoms with Crippen molar-refractivity contribution in [1.82, 2.24) is 0 Å². The Morgan fingerprint density at radius 2 is 1.81 bits per heavy atom. The van der Waals surface area contributed by atoms with E-state index >= 15 is 0 Å². The van der Waals surface area contributed by atoms with Crippen LogP contribution in [0.5, 0.6) is 0 Å². The maximum Gasteiger partial charge on any atom is 0.335 e. The Morgan fingerprint density at radius 3 is 2.25 bits per heavy atom. The van der Waals surface area contributed by atoms with Gasteiger partial charge in [-0.2, -0.15) is 0 Å². The summed E-state index contributed by atoms with van der Waals surface area (Å²) in [5.41, 5.74) is 0. The molecular formula is C9H16O7. The molecule has 0 bridgehead atoms. The van der Waals surface area contributed by atoms with Gasteiger partial charge in [0.1, 0.15) is 18.3 Å². The standard InChI is InChI=1S/C9H16O7/c1-3(2)15-6-4(10)5(11)9(14)16-7(6)8(12)13/h3-7,9-11,14H,1-2H3,(H,12,13)/t4-,5+,6+,7-,9-/m1/s1. The number of hydrogen-bond donors (Lipinski definition) is 4. The van der Waals surface area contributed by atoms with Gasteiger partial charge in [0.25, 0.3) is 0 Å². The number of ether oxygens (including phenoxy) is 2. The molecule has 0 aromatic carbocycles. The molecular weight excluding hydrogens is 220 g/mol. The molecule has 0 aromatic rings. The van der Waals surface area contributed by atoms with Crippen LogP contribution in [-0.4, -0.2) is 63.2 Å². The summed E-state index contributed by atoms with van der Waals surface area (Å²) < 4.78 is 9.83. The van der Waals surface area contributed by atoms with Gasteiger partial charge in [-0.1, -0.05) is 0 Å². The van der Waals surface area contributed by atoms with E-state index in [1.54, 1.807) is 13.8 Å². The third-order valence-corrected chi connectivity index (χ3v) is 2.24. The minimum absolute atomic E-state index is 0.340. The van der Waals surface area contributed by atoms with E-state index in [4.69, 9.17) is 14.9 Å². The summed E-state index contributed by atoms with van der Waals surface area (Å²) in [6.45, 7) is 3.31. The second-order valence-corrected chi connectivity index (χ2v) is 3.92. The highest BCUT2D eigenvalue weighted by atomic mass is 16.7. The first-order valence-corrected chi connectivity index (χ1v) is 4.92. The van der Waals surface area contributed by atoms with Gasteiger partial charge in [0.15, 0.2) is 12.4 Å². The van der Waals surface area contributed by atoms with Crippen LogP contribution in [0.25, 0.3) is 0 Å². The van der Waals surface area contributed by atoms with Crippen molar-refractivity contribution in [3.05, 3.63) is 0 Å². The molecule has 0 spiro atoms. The second-order valence-electron chi connectivity index (χ2n) is 3.92. The third-order valence-electron chi connectivity index (χ3n) is 2.24. The summed E-state index contributed by atoms with van der Waals surface area (Å²) in [7, 11) is 0. The minimum atomic E-state index is -1.73. The summed E-state index contributed by atoms with van der Waals surface area (Å²) in [6, 6.07) is 0. The fourth-order valence-electron chi connectivity index (χ4n) is 1.52. The zero-order chi connectivity index (χ0) is 12.5. The Kier molecular flexibility index (Phi) is 4.22. The zero-order valence-corrected chi connectivity index (χ0v) is 8.98. The minimum Gasteiger partial charge on any atom is -0.479 e. The van der Waals surface area contributed by atoms with E-state index < -0.39 is 36.7 Å². The Morgan fingerprint density at radius 1 is 1.25 bits per heavy atom. The van der Waals surface area contributed by atoms with Crippen LogP contribution in [-0.2, 0) is 14.3 Å². The highest BCUT2D eigenvalue weighted by Gasteiger charge is 2.48. The molecule has 0 radical (unpaired) electrons. The Labute approximate surface area is 92.2 Å². The number of carboxylic acids is 1. The van der Waals surface area contributed by atoms with Crippen molar-refractivity contribution in [2.45, 2.75) is 50.7 Å². The fraction of sp³-hybridized carbons (Fsp3) is 0.889. The lowest BCUT2D eigenvalue weighted by atomic mass is 9.98. The first kappa shape index (κ1) is 13.3. The SMILES string of the molecule is CC(C)O[C@H]1[C@H](O)[C@H](O)[C@H](O)O[C@H]1C(=O)O. The predicted octanol–water partition coefficient (Wildman–Crippen LogP) is -1.70. The first-order chi connectivity index (χ1) is 7.34. The van der Waals surface area contributed by atoms with Gasteiger partial charge in [-0.15, -0.1) is 0 Å². The van der Waals surface area contributed by atoms with Gasteiger partial charge in [0.05, 0.1) is 6.10 Å². The molecule has 94 valence electrons. The van der Waals surface area contributed by atoms with Crippen LogP contribution in [0, 0.1) is 0 Å². The van der Waals surface area contributed by atoms with Gasteiger partial charge in [-0.3, -0.25) is 0 Å². The van der Waals surface area contributed by atoms with Crippen molar-refractivity contribution >= 4 is 5.97 Å². The normalized spacial score (nSPS) is 40.0. The topological polar surface area (TPSA) is 116 Å². The van der Waals surface area contributed by atoms with Crippen molar-refractivity contribution in [3.8, 4) is 0 Å². The van der Waals surface area contributed by atoms with E-state index in [2.05, 4.69) is 4.74 Å². The van der Waals surface area contributed by atoms with Crippen LogP contribution >= 0.6 is 0 Å². The van der Waals surface area contributed by atoms with Gasteiger partial charge in [0, 0.05) is 0 Å². The molecule has 1 saturated heterocycles. The molecule has 1 heterocycles. The van der Waals surface area contributed by atoms with Gasteiger partial charge in [-0.05, 0) is 13.8 Å². The van der Waals surface area contributed by atoms with E-state index in [9.17, 15) is 15.0 Å². The van der Waals surface area contributed by atoms with Crippen LogP contribution in [0.3, 0.4) is 0 Å². The van der Waals surface area contributed by atoms with Crippen molar-refractivity contribution in [1.29, 1.82) is 0 Å². The van der Waals surface area contributed by atoms with Gasteiger partial charge >= 0.3 is 5.97 Å². The third kappa shape index (κ3) is 2.69. The van der Waals surface area contributed by atoms with E-state index in [0.717, 1.165) is 0 Å². The van der Waals surface area contributed by atoms with Gasteiger partial charge in [0.2, 0.25) is 0 Å². The van der Waals surface area contributed by atoms with Crippen molar-refractivity contribution < 1.29 is 34.7 Å². The average molecular weight is 236 g/mol. The summed E-state index contributed by atoms with van der Waals surface area (Å²) in [5, 5.41) is 36.9. The number of aliphatic carboxylic acids is 1. The predicted molar refractivity (Wildman–Crippen MR) is 50.5 cm³/mol. The molecule has 4 N–H and O–H groups in total. The summed E-state index contributed by atoms with van der Waals surface area (Å²) in [5.74, 6) is -1.37. The molecule has 0 unspecified atom stereocenters. The first-order valence-electron chi connectivity index (χ1n) is 4.92. The van der Waals surface area contributed by atoms with E-state index in [1.807, 2.05) is 0 Å². The lowest BCUT2D eigenvalue weighted by Gasteiger charge is -2.39. The molecule has 1 fully saturated rings. The number of hydrogen-bond acceptors (Lipinski definition) is 6. The molecule has 16 heavy (non-hydrogen) atoms. The Hall–Kier alpha value is -0.730.